The van der Waals surface area contributed by atoms with Crippen molar-refractivity contribution in [3.05, 3.63) is 59.1 Å². The predicted octanol–water partition coefficient (Wildman–Crippen LogP) is 3.83. The normalized spacial score (nSPS) is 12.4. The first-order chi connectivity index (χ1) is 15.2. The van der Waals surface area contributed by atoms with E-state index in [0.29, 0.717) is 17.9 Å². The summed E-state index contributed by atoms with van der Waals surface area (Å²) in [4.78, 5) is 39.7. The maximum absolute atomic E-state index is 12.7. The highest BCUT2D eigenvalue weighted by molar-refractivity contribution is 7.98. The fourth-order valence-electron chi connectivity index (χ4n) is 2.76. The number of halogens is 1. The van der Waals surface area contributed by atoms with Gasteiger partial charge in [-0.3, -0.25) is 9.59 Å². The summed E-state index contributed by atoms with van der Waals surface area (Å²) in [6, 6.07) is 13.0. The van der Waals surface area contributed by atoms with Gasteiger partial charge in [0, 0.05) is 25.5 Å². The number of hydrogen-bond acceptors (Lipinski definition) is 6. The van der Waals surface area contributed by atoms with Gasteiger partial charge in [-0.1, -0.05) is 23.7 Å². The molecule has 2 aromatic rings. The van der Waals surface area contributed by atoms with Crippen LogP contribution < -0.4 is 15.5 Å². The lowest BCUT2D eigenvalue weighted by Crippen LogP contribution is -2.44. The van der Waals surface area contributed by atoms with E-state index in [1.54, 1.807) is 36.4 Å². The zero-order valence-electron chi connectivity index (χ0n) is 18.6. The molecule has 32 heavy (non-hydrogen) atoms. The molecule has 2 amide bonds. The number of thioether (sulfide) groups is 1. The van der Waals surface area contributed by atoms with Crippen molar-refractivity contribution >= 4 is 52.5 Å². The van der Waals surface area contributed by atoms with Crippen molar-refractivity contribution in [3.8, 4) is 0 Å². The molecule has 0 aromatic heterocycles. The largest absolute Gasteiger partial charge is 0.451 e. The van der Waals surface area contributed by atoms with E-state index in [4.69, 9.17) is 16.3 Å². The molecule has 2 rings (SSSR count). The number of amides is 2. The summed E-state index contributed by atoms with van der Waals surface area (Å²) in [6.07, 6.45) is 1.22. The fraction of sp³-hybridized carbons (Fsp3) is 0.348. The zero-order valence-corrected chi connectivity index (χ0v) is 20.1. The Morgan fingerprint density at radius 3 is 2.34 bits per heavy atom. The van der Waals surface area contributed by atoms with Crippen LogP contribution in [-0.2, 0) is 14.3 Å². The van der Waals surface area contributed by atoms with Crippen molar-refractivity contribution < 1.29 is 19.1 Å². The molecule has 2 atom stereocenters. The minimum absolute atomic E-state index is 0.267. The van der Waals surface area contributed by atoms with Crippen molar-refractivity contribution in [3.63, 3.8) is 0 Å². The number of carbonyl (C=O) groups is 3. The molecule has 0 radical (unpaired) electrons. The number of anilines is 2. The predicted molar refractivity (Wildman–Crippen MR) is 131 cm³/mol. The topological polar surface area (TPSA) is 87.7 Å². The number of ether oxygens (including phenoxy) is 1. The maximum Gasteiger partial charge on any atom is 0.329 e. The Morgan fingerprint density at radius 1 is 1.09 bits per heavy atom. The third-order valence-corrected chi connectivity index (χ3v) is 5.61. The molecule has 0 saturated carbocycles. The Hall–Kier alpha value is -2.71. The SMILES string of the molecule is CSCCC(NC(=O)c1ccccc1Cl)C(=O)OC(C)C(=O)Nc1ccc(N(C)C)cc1. The molecule has 0 aliphatic heterocycles. The van der Waals surface area contributed by atoms with E-state index in [-0.39, 0.29) is 10.6 Å². The summed E-state index contributed by atoms with van der Waals surface area (Å²) in [6.45, 7) is 1.49. The van der Waals surface area contributed by atoms with Crippen molar-refractivity contribution in [2.24, 2.45) is 0 Å². The lowest BCUT2D eigenvalue weighted by atomic mass is 10.1. The molecule has 172 valence electrons. The van der Waals surface area contributed by atoms with E-state index < -0.39 is 29.9 Å². The summed E-state index contributed by atoms with van der Waals surface area (Å²) >= 11 is 7.62. The standard InChI is InChI=1S/C23H28ClN3O4S/c1-15(21(28)25-16-9-11-17(12-10-16)27(2)3)31-23(30)20(13-14-32-4)26-22(29)18-7-5-6-8-19(18)24/h5-12,15,20H,13-14H2,1-4H3,(H,25,28)(H,26,29). The second-order valence-corrected chi connectivity index (χ2v) is 8.69. The maximum atomic E-state index is 12.7. The van der Waals surface area contributed by atoms with Gasteiger partial charge in [0.2, 0.25) is 0 Å². The highest BCUT2D eigenvalue weighted by Gasteiger charge is 2.27. The number of carbonyl (C=O) groups excluding carboxylic acids is 3. The summed E-state index contributed by atoms with van der Waals surface area (Å²) in [5, 5.41) is 5.68. The monoisotopic (exact) mass is 477 g/mol. The molecule has 0 aliphatic rings. The number of hydrogen-bond donors (Lipinski definition) is 2. The summed E-state index contributed by atoms with van der Waals surface area (Å²) in [5.41, 5.74) is 1.85. The van der Waals surface area contributed by atoms with E-state index >= 15 is 0 Å². The first kappa shape index (κ1) is 25.5. The molecule has 0 heterocycles. The Balaban J connectivity index is 2.00. The van der Waals surface area contributed by atoms with Crippen LogP contribution in [0.25, 0.3) is 0 Å². The van der Waals surface area contributed by atoms with Crippen LogP contribution in [0.4, 0.5) is 11.4 Å². The van der Waals surface area contributed by atoms with Crippen LogP contribution in [0, 0.1) is 0 Å². The van der Waals surface area contributed by atoms with Gasteiger partial charge in [-0.25, -0.2) is 4.79 Å². The highest BCUT2D eigenvalue weighted by Crippen LogP contribution is 2.17. The lowest BCUT2D eigenvalue weighted by Gasteiger charge is -2.20. The number of esters is 1. The molecular formula is C23H28ClN3O4S. The van der Waals surface area contributed by atoms with Gasteiger partial charge in [0.25, 0.3) is 11.8 Å². The Bertz CT molecular complexity index is 937. The van der Waals surface area contributed by atoms with Crippen molar-refractivity contribution in [1.82, 2.24) is 5.32 Å². The number of nitrogens with zero attached hydrogens (tertiary/aromatic N) is 1. The first-order valence-electron chi connectivity index (χ1n) is 10.1. The number of nitrogens with one attached hydrogen (secondary N) is 2. The Labute approximate surface area is 197 Å². The van der Waals surface area contributed by atoms with Crippen molar-refractivity contribution in [2.75, 3.05) is 36.3 Å². The highest BCUT2D eigenvalue weighted by atomic mass is 35.5. The van der Waals surface area contributed by atoms with Gasteiger partial charge in [-0.2, -0.15) is 11.8 Å². The number of rotatable bonds is 10. The first-order valence-corrected chi connectivity index (χ1v) is 11.8. The number of benzene rings is 2. The van der Waals surface area contributed by atoms with Gasteiger partial charge in [-0.15, -0.1) is 0 Å². The van der Waals surface area contributed by atoms with Gasteiger partial charge < -0.3 is 20.3 Å². The van der Waals surface area contributed by atoms with Crippen LogP contribution in [-0.4, -0.2) is 56.0 Å². The molecule has 7 nitrogen and oxygen atoms in total. The molecule has 0 spiro atoms. The summed E-state index contributed by atoms with van der Waals surface area (Å²) in [7, 11) is 3.85. The van der Waals surface area contributed by atoms with Crippen LogP contribution in [0.3, 0.4) is 0 Å². The van der Waals surface area contributed by atoms with Gasteiger partial charge in [0.1, 0.15) is 6.04 Å². The van der Waals surface area contributed by atoms with Crippen LogP contribution in [0.5, 0.6) is 0 Å². The van der Waals surface area contributed by atoms with Gasteiger partial charge in [0.15, 0.2) is 6.10 Å². The van der Waals surface area contributed by atoms with E-state index in [0.717, 1.165) is 5.69 Å². The second kappa shape index (κ2) is 12.4. The second-order valence-electron chi connectivity index (χ2n) is 7.30. The molecule has 0 saturated heterocycles. The quantitative estimate of drug-likeness (QED) is 0.506. The molecule has 2 unspecified atom stereocenters. The van der Waals surface area contributed by atoms with Crippen LogP contribution in [0.2, 0.25) is 5.02 Å². The third kappa shape index (κ3) is 7.46. The average molecular weight is 478 g/mol. The summed E-state index contributed by atoms with van der Waals surface area (Å²) < 4.78 is 5.36. The van der Waals surface area contributed by atoms with Gasteiger partial charge in [-0.05, 0) is 61.8 Å². The van der Waals surface area contributed by atoms with E-state index in [1.165, 1.54) is 18.7 Å². The Morgan fingerprint density at radius 2 is 1.75 bits per heavy atom. The van der Waals surface area contributed by atoms with Gasteiger partial charge >= 0.3 is 5.97 Å². The van der Waals surface area contributed by atoms with E-state index in [2.05, 4.69) is 10.6 Å². The van der Waals surface area contributed by atoms with Crippen molar-refractivity contribution in [2.45, 2.75) is 25.5 Å². The molecule has 2 N–H and O–H groups in total. The summed E-state index contributed by atoms with van der Waals surface area (Å²) in [5.74, 6) is -0.986. The minimum Gasteiger partial charge on any atom is -0.451 e. The molecule has 9 heteroatoms. The molecule has 2 aromatic carbocycles. The third-order valence-electron chi connectivity index (χ3n) is 4.63. The molecular weight excluding hydrogens is 450 g/mol. The van der Waals surface area contributed by atoms with Crippen LogP contribution in [0.1, 0.15) is 23.7 Å². The minimum atomic E-state index is -1.04. The van der Waals surface area contributed by atoms with Crippen LogP contribution in [0.15, 0.2) is 48.5 Å². The lowest BCUT2D eigenvalue weighted by molar-refractivity contribution is -0.155. The molecule has 0 bridgehead atoms. The smallest absolute Gasteiger partial charge is 0.329 e. The van der Waals surface area contributed by atoms with Gasteiger partial charge in [0.05, 0.1) is 10.6 Å². The van der Waals surface area contributed by atoms with E-state index in [1.807, 2.05) is 37.4 Å². The van der Waals surface area contributed by atoms with E-state index in [9.17, 15) is 14.4 Å². The average Bonchev–Trinajstić information content (AvgIpc) is 2.76. The fourth-order valence-corrected chi connectivity index (χ4v) is 3.46. The van der Waals surface area contributed by atoms with Crippen LogP contribution >= 0.6 is 23.4 Å². The molecule has 0 fully saturated rings. The molecule has 0 aliphatic carbocycles. The zero-order chi connectivity index (χ0) is 23.7. The van der Waals surface area contributed by atoms with Crippen molar-refractivity contribution in [1.29, 1.82) is 0 Å². The Kier molecular flexibility index (Phi) is 9.87.